The summed E-state index contributed by atoms with van der Waals surface area (Å²) in [6, 6.07) is 17.5. The van der Waals surface area contributed by atoms with Crippen LogP contribution in [-0.4, -0.2) is 18.4 Å². The van der Waals surface area contributed by atoms with Crippen LogP contribution in [-0.2, 0) is 15.6 Å². The number of sulfone groups is 1. The summed E-state index contributed by atoms with van der Waals surface area (Å²) in [4.78, 5) is 19.4. The number of rotatable bonds is 3. The number of para-hydroxylation sites is 2. The van der Waals surface area contributed by atoms with Gasteiger partial charge in [-0.25, -0.2) is 13.4 Å². The van der Waals surface area contributed by atoms with Crippen molar-refractivity contribution in [1.82, 2.24) is 9.97 Å². The molecule has 0 aliphatic heterocycles. The van der Waals surface area contributed by atoms with Crippen molar-refractivity contribution in [3.05, 3.63) is 81.2 Å². The molecule has 0 amide bonds. The van der Waals surface area contributed by atoms with Crippen molar-refractivity contribution in [2.24, 2.45) is 0 Å². The molecule has 0 radical (unpaired) electrons. The Morgan fingerprint density at radius 3 is 2.42 bits per heavy atom. The second-order valence-electron chi connectivity index (χ2n) is 5.88. The summed E-state index contributed by atoms with van der Waals surface area (Å²) in [5.74, 6) is -0.460. The van der Waals surface area contributed by atoms with Crippen LogP contribution >= 0.6 is 15.9 Å². The molecule has 0 bridgehead atoms. The van der Waals surface area contributed by atoms with Crippen LogP contribution in [0.25, 0.3) is 21.8 Å². The van der Waals surface area contributed by atoms with E-state index in [1.54, 1.807) is 48.5 Å². The van der Waals surface area contributed by atoms with Crippen molar-refractivity contribution in [3.8, 4) is 0 Å². The van der Waals surface area contributed by atoms with Gasteiger partial charge in [-0.2, -0.15) is 0 Å². The lowest BCUT2D eigenvalue weighted by Gasteiger charge is -2.09. The lowest BCUT2D eigenvalue weighted by Crippen LogP contribution is -2.19. The number of H-pyrrole nitrogens is 1. The van der Waals surface area contributed by atoms with Crippen LogP contribution in [0.5, 0.6) is 0 Å². The van der Waals surface area contributed by atoms with Crippen molar-refractivity contribution in [3.63, 3.8) is 0 Å². The topological polar surface area (TPSA) is 79.9 Å². The molecule has 1 aromatic heterocycles. The third-order valence-electron chi connectivity index (χ3n) is 4.16. The molecule has 0 spiro atoms. The third kappa shape index (κ3) is 2.93. The van der Waals surface area contributed by atoms with Crippen molar-refractivity contribution >= 4 is 47.6 Å². The minimum Gasteiger partial charge on any atom is -0.319 e. The molecule has 1 N–H and O–H groups in total. The number of nitrogens with one attached hydrogen (secondary N) is 1. The summed E-state index contributed by atoms with van der Waals surface area (Å²) in [5.41, 5.74) is 0.620. The predicted octanol–water partition coefficient (Wildman–Crippen LogP) is 3.81. The van der Waals surface area contributed by atoms with Crippen LogP contribution in [0, 0.1) is 0 Å². The number of aromatic nitrogens is 2. The maximum absolute atomic E-state index is 13.0. The normalized spacial score (nSPS) is 11.9. The summed E-state index contributed by atoms with van der Waals surface area (Å²) >= 11 is 3.44. The third-order valence-corrected chi connectivity index (χ3v) is 6.53. The zero-order valence-corrected chi connectivity index (χ0v) is 15.8. The molecule has 3 aromatic carbocycles. The number of nitrogens with zero attached hydrogens (tertiary/aromatic N) is 1. The number of halogens is 1. The summed E-state index contributed by atoms with van der Waals surface area (Å²) in [7, 11) is -3.75. The number of fused-ring (bicyclic) bond motifs is 2. The number of aromatic amines is 1. The van der Waals surface area contributed by atoms with Gasteiger partial charge >= 0.3 is 0 Å². The molecule has 1 heterocycles. The summed E-state index contributed by atoms with van der Waals surface area (Å²) in [5, 5.41) is 1.41. The van der Waals surface area contributed by atoms with Gasteiger partial charge in [0.2, 0.25) is 0 Å². The summed E-state index contributed by atoms with van der Waals surface area (Å²) in [6.45, 7) is 0. The monoisotopic (exact) mass is 428 g/mol. The molecule has 0 aliphatic carbocycles. The molecule has 7 heteroatoms. The Kier molecular flexibility index (Phi) is 4.13. The molecule has 0 aliphatic rings. The van der Waals surface area contributed by atoms with Gasteiger partial charge in [0, 0.05) is 9.86 Å². The van der Waals surface area contributed by atoms with E-state index in [-0.39, 0.29) is 10.6 Å². The highest BCUT2D eigenvalue weighted by molar-refractivity contribution is 9.10. The van der Waals surface area contributed by atoms with E-state index in [2.05, 4.69) is 25.9 Å². The fourth-order valence-electron chi connectivity index (χ4n) is 2.93. The molecule has 0 saturated carbocycles. The van der Waals surface area contributed by atoms with E-state index >= 15 is 0 Å². The Morgan fingerprint density at radius 1 is 0.923 bits per heavy atom. The Morgan fingerprint density at radius 2 is 1.62 bits per heavy atom. The molecular weight excluding hydrogens is 416 g/mol. The van der Waals surface area contributed by atoms with Gasteiger partial charge in [0.25, 0.3) is 5.56 Å². The summed E-state index contributed by atoms with van der Waals surface area (Å²) in [6.07, 6.45) is 0. The van der Waals surface area contributed by atoms with Gasteiger partial charge in [-0.05, 0) is 29.7 Å². The SMILES string of the molecule is O=c1[nH]c2ccccc2nc1CS(=O)(=O)c1ccc(Br)c2ccccc12. The zero-order valence-electron chi connectivity index (χ0n) is 13.4. The van der Waals surface area contributed by atoms with Crippen LogP contribution < -0.4 is 5.56 Å². The van der Waals surface area contributed by atoms with Crippen molar-refractivity contribution < 1.29 is 8.42 Å². The van der Waals surface area contributed by atoms with Gasteiger partial charge in [-0.1, -0.05) is 52.3 Å². The largest absolute Gasteiger partial charge is 0.319 e. The minimum absolute atomic E-state index is 0.0179. The van der Waals surface area contributed by atoms with Crippen molar-refractivity contribution in [1.29, 1.82) is 0 Å². The van der Waals surface area contributed by atoms with Gasteiger partial charge in [0.15, 0.2) is 9.84 Å². The van der Waals surface area contributed by atoms with Crippen LogP contribution in [0.4, 0.5) is 0 Å². The maximum atomic E-state index is 13.0. The number of hydrogen-bond acceptors (Lipinski definition) is 4. The van der Waals surface area contributed by atoms with E-state index in [4.69, 9.17) is 0 Å². The molecular formula is C19H13BrN2O3S. The maximum Gasteiger partial charge on any atom is 0.271 e. The van der Waals surface area contributed by atoms with Crippen LogP contribution in [0.15, 0.2) is 74.8 Å². The first-order valence-corrected chi connectivity index (χ1v) is 10.3. The van der Waals surface area contributed by atoms with Crippen LogP contribution in [0.1, 0.15) is 5.69 Å². The molecule has 0 fully saturated rings. The standard InChI is InChI=1S/C19H13BrN2O3S/c20-14-9-10-18(13-6-2-1-5-12(13)14)26(24,25)11-17-19(23)22-16-8-4-3-7-15(16)21-17/h1-10H,11H2,(H,22,23). The smallest absolute Gasteiger partial charge is 0.271 e. The van der Waals surface area contributed by atoms with Crippen LogP contribution in [0.2, 0.25) is 0 Å². The zero-order chi connectivity index (χ0) is 18.3. The summed E-state index contributed by atoms with van der Waals surface area (Å²) < 4.78 is 26.8. The first kappa shape index (κ1) is 16.9. The molecule has 4 aromatic rings. The van der Waals surface area contributed by atoms with Gasteiger partial charge in [-0.3, -0.25) is 4.79 Å². The molecule has 0 unspecified atom stereocenters. The number of benzene rings is 3. The number of hydrogen-bond donors (Lipinski definition) is 1. The van der Waals surface area contributed by atoms with Crippen LogP contribution in [0.3, 0.4) is 0 Å². The lowest BCUT2D eigenvalue weighted by atomic mass is 10.1. The van der Waals surface area contributed by atoms with E-state index < -0.39 is 21.1 Å². The first-order valence-electron chi connectivity index (χ1n) is 7.84. The quantitative estimate of drug-likeness (QED) is 0.537. The van der Waals surface area contributed by atoms with E-state index in [9.17, 15) is 13.2 Å². The molecule has 0 saturated heterocycles. The highest BCUT2D eigenvalue weighted by Crippen LogP contribution is 2.30. The van der Waals surface area contributed by atoms with Crippen molar-refractivity contribution in [2.45, 2.75) is 10.6 Å². The Hall–Kier alpha value is -2.51. The predicted molar refractivity (Wildman–Crippen MR) is 105 cm³/mol. The minimum atomic E-state index is -3.75. The van der Waals surface area contributed by atoms with Gasteiger partial charge in [0.1, 0.15) is 11.4 Å². The lowest BCUT2D eigenvalue weighted by molar-refractivity contribution is 0.595. The second-order valence-corrected chi connectivity index (χ2v) is 8.69. The van der Waals surface area contributed by atoms with Gasteiger partial charge < -0.3 is 4.98 Å². The van der Waals surface area contributed by atoms with Crippen molar-refractivity contribution in [2.75, 3.05) is 0 Å². The molecule has 5 nitrogen and oxygen atoms in total. The fraction of sp³-hybridized carbons (Fsp3) is 0.0526. The van der Waals surface area contributed by atoms with E-state index in [1.807, 2.05) is 12.1 Å². The average molecular weight is 429 g/mol. The fourth-order valence-corrected chi connectivity index (χ4v) is 4.91. The Labute approximate surface area is 157 Å². The Balaban J connectivity index is 1.86. The molecule has 4 rings (SSSR count). The van der Waals surface area contributed by atoms with E-state index in [1.165, 1.54) is 0 Å². The Bertz CT molecular complexity index is 1310. The van der Waals surface area contributed by atoms with Gasteiger partial charge in [-0.15, -0.1) is 0 Å². The van der Waals surface area contributed by atoms with E-state index in [0.29, 0.717) is 16.4 Å². The first-order chi connectivity index (χ1) is 12.5. The molecule has 26 heavy (non-hydrogen) atoms. The average Bonchev–Trinajstić information content (AvgIpc) is 2.62. The highest BCUT2D eigenvalue weighted by atomic mass is 79.9. The molecule has 130 valence electrons. The van der Waals surface area contributed by atoms with E-state index in [0.717, 1.165) is 9.86 Å². The highest BCUT2D eigenvalue weighted by Gasteiger charge is 2.22. The second kappa shape index (κ2) is 6.34. The molecule has 0 atom stereocenters. The van der Waals surface area contributed by atoms with Gasteiger partial charge in [0.05, 0.1) is 15.9 Å².